The van der Waals surface area contributed by atoms with Gasteiger partial charge in [-0.3, -0.25) is 4.79 Å². The Kier molecular flexibility index (Phi) is 6.47. The zero-order valence-electron chi connectivity index (χ0n) is 15.7. The average Bonchev–Trinajstić information content (AvgIpc) is 3.51. The third-order valence-electron chi connectivity index (χ3n) is 4.68. The molecule has 0 aliphatic heterocycles. The molecule has 3 N–H and O–H groups in total. The largest absolute Gasteiger partial charge is 0.336 e. The van der Waals surface area contributed by atoms with E-state index in [9.17, 15) is 9.59 Å². The lowest BCUT2D eigenvalue weighted by Gasteiger charge is -2.15. The first-order chi connectivity index (χ1) is 13.1. The zero-order chi connectivity index (χ0) is 19.1. The molecule has 0 saturated heterocycles. The summed E-state index contributed by atoms with van der Waals surface area (Å²) in [5.74, 6) is 0.264. The molecule has 1 saturated carbocycles. The molecule has 5 nitrogen and oxygen atoms in total. The van der Waals surface area contributed by atoms with Crippen LogP contribution in [0.2, 0.25) is 0 Å². The first-order valence-corrected chi connectivity index (χ1v) is 9.58. The number of benzene rings is 2. The van der Waals surface area contributed by atoms with Gasteiger partial charge in [0, 0.05) is 24.2 Å². The van der Waals surface area contributed by atoms with Crippen molar-refractivity contribution < 1.29 is 9.59 Å². The molecular formula is C22H27N3O2. The molecule has 1 fully saturated rings. The summed E-state index contributed by atoms with van der Waals surface area (Å²) in [4.78, 5) is 24.0. The van der Waals surface area contributed by atoms with Crippen LogP contribution in [-0.2, 0) is 17.8 Å². The summed E-state index contributed by atoms with van der Waals surface area (Å²) < 4.78 is 0. The second kappa shape index (κ2) is 9.21. The van der Waals surface area contributed by atoms with Crippen molar-refractivity contribution in [2.24, 2.45) is 5.92 Å². The van der Waals surface area contributed by atoms with E-state index in [1.54, 1.807) is 0 Å². The van der Waals surface area contributed by atoms with Gasteiger partial charge in [-0.2, -0.15) is 0 Å². The van der Waals surface area contributed by atoms with E-state index in [-0.39, 0.29) is 23.9 Å². The normalized spacial score (nSPS) is 14.3. The van der Waals surface area contributed by atoms with Crippen LogP contribution in [0.25, 0.3) is 0 Å². The van der Waals surface area contributed by atoms with Gasteiger partial charge in [0.2, 0.25) is 5.91 Å². The van der Waals surface area contributed by atoms with Crippen molar-refractivity contribution in [1.82, 2.24) is 10.6 Å². The molecule has 3 amide bonds. The van der Waals surface area contributed by atoms with Gasteiger partial charge in [-0.15, -0.1) is 0 Å². The molecule has 0 unspecified atom stereocenters. The summed E-state index contributed by atoms with van der Waals surface area (Å²) in [5, 5.41) is 8.78. The van der Waals surface area contributed by atoms with Crippen molar-refractivity contribution in [3.63, 3.8) is 0 Å². The SMILES string of the molecule is C[C@H](CCc1ccccc1)NC(=O)NCc1cccc(NC(=O)C2CC2)c1. The minimum absolute atomic E-state index is 0.0880. The lowest BCUT2D eigenvalue weighted by atomic mass is 10.1. The predicted molar refractivity (Wildman–Crippen MR) is 107 cm³/mol. The van der Waals surface area contributed by atoms with Crippen LogP contribution < -0.4 is 16.0 Å². The molecule has 2 aromatic rings. The summed E-state index contributed by atoms with van der Waals surface area (Å²) in [6.45, 7) is 2.43. The molecule has 0 spiro atoms. The van der Waals surface area contributed by atoms with Gasteiger partial charge in [-0.25, -0.2) is 4.79 Å². The molecule has 2 aromatic carbocycles. The van der Waals surface area contributed by atoms with Gasteiger partial charge in [-0.1, -0.05) is 42.5 Å². The lowest BCUT2D eigenvalue weighted by molar-refractivity contribution is -0.117. The number of hydrogen-bond donors (Lipinski definition) is 3. The van der Waals surface area contributed by atoms with Gasteiger partial charge >= 0.3 is 6.03 Å². The summed E-state index contributed by atoms with van der Waals surface area (Å²) in [6, 6.07) is 17.8. The Hall–Kier alpha value is -2.82. The highest BCUT2D eigenvalue weighted by Crippen LogP contribution is 2.30. The molecule has 3 rings (SSSR count). The highest BCUT2D eigenvalue weighted by molar-refractivity contribution is 5.94. The van der Waals surface area contributed by atoms with Crippen molar-refractivity contribution in [1.29, 1.82) is 0 Å². The Labute approximate surface area is 160 Å². The molecule has 0 radical (unpaired) electrons. The van der Waals surface area contributed by atoms with Crippen molar-refractivity contribution in [2.75, 3.05) is 5.32 Å². The van der Waals surface area contributed by atoms with Gasteiger partial charge in [-0.05, 0) is 55.9 Å². The van der Waals surface area contributed by atoms with E-state index in [1.165, 1.54) is 5.56 Å². The van der Waals surface area contributed by atoms with E-state index in [2.05, 4.69) is 28.1 Å². The van der Waals surface area contributed by atoms with Crippen LogP contribution in [0.15, 0.2) is 54.6 Å². The number of carbonyl (C=O) groups is 2. The highest BCUT2D eigenvalue weighted by atomic mass is 16.2. The van der Waals surface area contributed by atoms with E-state index in [4.69, 9.17) is 0 Å². The van der Waals surface area contributed by atoms with Crippen LogP contribution in [0.5, 0.6) is 0 Å². The number of anilines is 1. The zero-order valence-corrected chi connectivity index (χ0v) is 15.7. The van der Waals surface area contributed by atoms with Gasteiger partial charge in [0.05, 0.1) is 0 Å². The average molecular weight is 365 g/mol. The van der Waals surface area contributed by atoms with E-state index >= 15 is 0 Å². The molecule has 0 bridgehead atoms. The topological polar surface area (TPSA) is 70.2 Å². The maximum atomic E-state index is 12.1. The third kappa shape index (κ3) is 6.44. The number of rotatable bonds is 8. The minimum atomic E-state index is -0.178. The first kappa shape index (κ1) is 19.0. The Morgan fingerprint density at radius 1 is 1.04 bits per heavy atom. The lowest BCUT2D eigenvalue weighted by Crippen LogP contribution is -2.40. The number of carbonyl (C=O) groups excluding carboxylic acids is 2. The van der Waals surface area contributed by atoms with Gasteiger partial charge in [0.15, 0.2) is 0 Å². The standard InChI is InChI=1S/C22H27N3O2/c1-16(10-11-17-6-3-2-4-7-17)24-22(27)23-15-18-8-5-9-20(14-18)25-21(26)19-12-13-19/h2-9,14,16,19H,10-13,15H2,1H3,(H,25,26)(H2,23,24,27)/t16-/m1/s1. The van der Waals surface area contributed by atoms with Crippen molar-refractivity contribution in [3.05, 3.63) is 65.7 Å². The fourth-order valence-corrected chi connectivity index (χ4v) is 2.91. The van der Waals surface area contributed by atoms with Gasteiger partial charge in [0.1, 0.15) is 0 Å². The van der Waals surface area contributed by atoms with Crippen LogP contribution >= 0.6 is 0 Å². The summed E-state index contributed by atoms with van der Waals surface area (Å²) in [7, 11) is 0. The summed E-state index contributed by atoms with van der Waals surface area (Å²) in [5.41, 5.74) is 3.01. The predicted octanol–water partition coefficient (Wildman–Crippen LogP) is 3.86. The van der Waals surface area contributed by atoms with E-state index in [0.717, 1.165) is 36.9 Å². The fraction of sp³-hybridized carbons (Fsp3) is 0.364. The minimum Gasteiger partial charge on any atom is -0.336 e. The Balaban J connectivity index is 1.39. The Morgan fingerprint density at radius 3 is 2.52 bits per heavy atom. The van der Waals surface area contributed by atoms with Crippen LogP contribution in [0.1, 0.15) is 37.3 Å². The van der Waals surface area contributed by atoms with E-state index in [1.807, 2.05) is 49.4 Å². The molecule has 1 aliphatic rings. The summed E-state index contributed by atoms with van der Waals surface area (Å²) >= 11 is 0. The molecule has 0 heterocycles. The highest BCUT2D eigenvalue weighted by Gasteiger charge is 2.29. The van der Waals surface area contributed by atoms with Gasteiger partial charge < -0.3 is 16.0 Å². The van der Waals surface area contributed by atoms with Crippen LogP contribution in [0, 0.1) is 5.92 Å². The number of nitrogens with one attached hydrogen (secondary N) is 3. The van der Waals surface area contributed by atoms with Crippen molar-refractivity contribution in [2.45, 2.75) is 45.2 Å². The number of amides is 3. The Morgan fingerprint density at radius 2 is 1.78 bits per heavy atom. The second-order valence-corrected chi connectivity index (χ2v) is 7.22. The number of aryl methyl sites for hydroxylation is 1. The number of hydrogen-bond acceptors (Lipinski definition) is 2. The van der Waals surface area contributed by atoms with Crippen LogP contribution in [0.4, 0.5) is 10.5 Å². The maximum absolute atomic E-state index is 12.1. The fourth-order valence-electron chi connectivity index (χ4n) is 2.91. The molecule has 1 atom stereocenters. The van der Waals surface area contributed by atoms with E-state index in [0.29, 0.717) is 6.54 Å². The monoisotopic (exact) mass is 365 g/mol. The molecular weight excluding hydrogens is 338 g/mol. The Bertz CT molecular complexity index is 772. The van der Waals surface area contributed by atoms with Crippen LogP contribution in [-0.4, -0.2) is 18.0 Å². The van der Waals surface area contributed by atoms with E-state index < -0.39 is 0 Å². The van der Waals surface area contributed by atoms with Crippen molar-refractivity contribution in [3.8, 4) is 0 Å². The molecule has 142 valence electrons. The van der Waals surface area contributed by atoms with Crippen molar-refractivity contribution >= 4 is 17.6 Å². The van der Waals surface area contributed by atoms with Gasteiger partial charge in [0.25, 0.3) is 0 Å². The third-order valence-corrected chi connectivity index (χ3v) is 4.68. The quantitative estimate of drug-likeness (QED) is 0.665. The number of urea groups is 1. The second-order valence-electron chi connectivity index (χ2n) is 7.22. The smallest absolute Gasteiger partial charge is 0.315 e. The first-order valence-electron chi connectivity index (χ1n) is 9.58. The van der Waals surface area contributed by atoms with Crippen LogP contribution in [0.3, 0.4) is 0 Å². The molecule has 27 heavy (non-hydrogen) atoms. The summed E-state index contributed by atoms with van der Waals surface area (Å²) in [6.07, 6.45) is 3.79. The molecule has 1 aliphatic carbocycles. The molecule has 0 aromatic heterocycles. The maximum Gasteiger partial charge on any atom is 0.315 e. The molecule has 5 heteroatoms.